The quantitative estimate of drug-likeness (QED) is 0.928. The van der Waals surface area contributed by atoms with Crippen LogP contribution >= 0.6 is 0 Å². The van der Waals surface area contributed by atoms with Crippen molar-refractivity contribution in [3.05, 3.63) is 35.9 Å². The molecular weight excluding hydrogens is 288 g/mol. The fourth-order valence-corrected chi connectivity index (χ4v) is 3.68. The Morgan fingerprint density at radius 3 is 2.96 bits per heavy atom. The Labute approximate surface area is 139 Å². The molecule has 4 heteroatoms. The first-order chi connectivity index (χ1) is 11.2. The number of amides is 1. The van der Waals surface area contributed by atoms with Crippen LogP contribution in [-0.4, -0.2) is 43.6 Å². The second-order valence-corrected chi connectivity index (χ2v) is 6.90. The van der Waals surface area contributed by atoms with Gasteiger partial charge in [-0.2, -0.15) is 0 Å². The Bertz CT molecular complexity index is 499. The lowest BCUT2D eigenvalue weighted by molar-refractivity contribution is -0.140. The second kappa shape index (κ2) is 7.93. The number of hydrogen-bond acceptors (Lipinski definition) is 3. The number of nitrogens with one attached hydrogen (secondary N) is 1. The zero-order valence-corrected chi connectivity index (χ0v) is 14.0. The summed E-state index contributed by atoms with van der Waals surface area (Å²) in [6.45, 7) is 6.44. The summed E-state index contributed by atoms with van der Waals surface area (Å²) < 4.78 is 5.86. The standard InChI is InChI=1S/C19H28N2O2/c1-15(17-8-5-9-20-13-17)12-19(22)21-10-11-23-18(14-21)16-6-3-2-4-7-16/h2-4,6-7,15,17-18,20H,5,8-14H2,1H3. The molecule has 1 aromatic rings. The summed E-state index contributed by atoms with van der Waals surface area (Å²) in [5.74, 6) is 1.37. The van der Waals surface area contributed by atoms with Crippen LogP contribution in [0.2, 0.25) is 0 Å². The highest BCUT2D eigenvalue weighted by atomic mass is 16.5. The number of carbonyl (C=O) groups excluding carboxylic acids is 1. The van der Waals surface area contributed by atoms with Crippen molar-refractivity contribution in [3.8, 4) is 0 Å². The van der Waals surface area contributed by atoms with Gasteiger partial charge in [0.1, 0.15) is 6.10 Å². The zero-order valence-electron chi connectivity index (χ0n) is 14.0. The smallest absolute Gasteiger partial charge is 0.223 e. The molecule has 1 amide bonds. The first-order valence-electron chi connectivity index (χ1n) is 8.89. The summed E-state index contributed by atoms with van der Waals surface area (Å²) >= 11 is 0. The molecule has 0 bridgehead atoms. The highest BCUT2D eigenvalue weighted by Gasteiger charge is 2.28. The van der Waals surface area contributed by atoms with E-state index in [1.54, 1.807) is 0 Å². The Morgan fingerprint density at radius 1 is 1.39 bits per heavy atom. The van der Waals surface area contributed by atoms with Gasteiger partial charge in [-0.05, 0) is 43.3 Å². The molecule has 1 N–H and O–H groups in total. The fourth-order valence-electron chi connectivity index (χ4n) is 3.68. The number of carbonyl (C=O) groups is 1. The van der Waals surface area contributed by atoms with E-state index in [1.807, 2.05) is 23.1 Å². The van der Waals surface area contributed by atoms with Crippen molar-refractivity contribution in [3.63, 3.8) is 0 Å². The molecule has 0 spiro atoms. The molecular formula is C19H28N2O2. The third-order valence-corrected chi connectivity index (χ3v) is 5.23. The van der Waals surface area contributed by atoms with Crippen molar-refractivity contribution in [2.24, 2.45) is 11.8 Å². The van der Waals surface area contributed by atoms with Crippen LogP contribution in [0, 0.1) is 11.8 Å². The van der Waals surface area contributed by atoms with Crippen LogP contribution in [0.25, 0.3) is 0 Å². The van der Waals surface area contributed by atoms with Crippen LogP contribution in [0.15, 0.2) is 30.3 Å². The van der Waals surface area contributed by atoms with Crippen LogP contribution in [0.1, 0.15) is 37.9 Å². The van der Waals surface area contributed by atoms with Crippen molar-refractivity contribution in [1.29, 1.82) is 0 Å². The van der Waals surface area contributed by atoms with Crippen LogP contribution in [0.5, 0.6) is 0 Å². The lowest BCUT2D eigenvalue weighted by Crippen LogP contribution is -2.43. The molecule has 0 aromatic heterocycles. The Hall–Kier alpha value is -1.39. The van der Waals surface area contributed by atoms with Crippen LogP contribution in [0.4, 0.5) is 0 Å². The average molecular weight is 316 g/mol. The molecule has 2 fully saturated rings. The minimum absolute atomic E-state index is 0.0144. The van der Waals surface area contributed by atoms with Gasteiger partial charge in [0, 0.05) is 13.0 Å². The molecule has 0 saturated carbocycles. The van der Waals surface area contributed by atoms with Gasteiger partial charge in [-0.3, -0.25) is 4.79 Å². The lowest BCUT2D eigenvalue weighted by Gasteiger charge is -2.35. The molecule has 0 aliphatic carbocycles. The predicted molar refractivity (Wildman–Crippen MR) is 91.1 cm³/mol. The summed E-state index contributed by atoms with van der Waals surface area (Å²) in [5, 5.41) is 3.45. The fraction of sp³-hybridized carbons (Fsp3) is 0.632. The molecule has 1 aromatic carbocycles. The maximum Gasteiger partial charge on any atom is 0.223 e. The van der Waals surface area contributed by atoms with E-state index in [1.165, 1.54) is 12.8 Å². The van der Waals surface area contributed by atoms with Gasteiger partial charge in [0.05, 0.1) is 13.2 Å². The van der Waals surface area contributed by atoms with E-state index in [0.29, 0.717) is 31.4 Å². The SMILES string of the molecule is CC(CC(=O)N1CCOC(c2ccccc2)C1)C1CCCNC1. The van der Waals surface area contributed by atoms with E-state index in [-0.39, 0.29) is 12.0 Å². The van der Waals surface area contributed by atoms with E-state index in [0.717, 1.165) is 25.2 Å². The van der Waals surface area contributed by atoms with Gasteiger partial charge in [-0.15, -0.1) is 0 Å². The molecule has 3 unspecified atom stereocenters. The number of rotatable bonds is 4. The highest BCUT2D eigenvalue weighted by molar-refractivity contribution is 5.76. The summed E-state index contributed by atoms with van der Waals surface area (Å²) in [6, 6.07) is 10.2. The monoisotopic (exact) mass is 316 g/mol. The molecule has 2 aliphatic heterocycles. The van der Waals surface area contributed by atoms with Crippen molar-refractivity contribution in [1.82, 2.24) is 10.2 Å². The van der Waals surface area contributed by atoms with Gasteiger partial charge >= 0.3 is 0 Å². The van der Waals surface area contributed by atoms with E-state index >= 15 is 0 Å². The van der Waals surface area contributed by atoms with Gasteiger partial charge < -0.3 is 15.0 Å². The molecule has 126 valence electrons. The lowest BCUT2D eigenvalue weighted by atomic mass is 9.85. The summed E-state index contributed by atoms with van der Waals surface area (Å²) in [4.78, 5) is 14.7. The second-order valence-electron chi connectivity index (χ2n) is 6.90. The average Bonchev–Trinajstić information content (AvgIpc) is 2.63. The maximum absolute atomic E-state index is 12.7. The maximum atomic E-state index is 12.7. The molecule has 2 saturated heterocycles. The van der Waals surface area contributed by atoms with Gasteiger partial charge in [0.15, 0.2) is 0 Å². The van der Waals surface area contributed by atoms with Crippen LogP contribution < -0.4 is 5.32 Å². The first-order valence-corrected chi connectivity index (χ1v) is 8.89. The van der Waals surface area contributed by atoms with E-state index in [9.17, 15) is 4.79 Å². The minimum atomic E-state index is 0.0144. The molecule has 3 rings (SSSR count). The minimum Gasteiger partial charge on any atom is -0.370 e. The van der Waals surface area contributed by atoms with Gasteiger partial charge in [-0.25, -0.2) is 0 Å². The first kappa shape index (κ1) is 16.5. The molecule has 2 heterocycles. The third kappa shape index (κ3) is 4.33. The summed E-state index contributed by atoms with van der Waals surface area (Å²) in [5.41, 5.74) is 1.16. The largest absolute Gasteiger partial charge is 0.370 e. The summed E-state index contributed by atoms with van der Waals surface area (Å²) in [6.07, 6.45) is 3.16. The predicted octanol–water partition coefficient (Wildman–Crippen LogP) is 2.61. The third-order valence-electron chi connectivity index (χ3n) is 5.23. The topological polar surface area (TPSA) is 41.6 Å². The summed E-state index contributed by atoms with van der Waals surface area (Å²) in [7, 11) is 0. The zero-order chi connectivity index (χ0) is 16.1. The molecule has 2 aliphatic rings. The number of nitrogens with zero attached hydrogens (tertiary/aromatic N) is 1. The van der Waals surface area contributed by atoms with Crippen molar-refractivity contribution >= 4 is 5.91 Å². The van der Waals surface area contributed by atoms with E-state index in [4.69, 9.17) is 4.74 Å². The molecule has 4 nitrogen and oxygen atoms in total. The number of morpholine rings is 1. The highest BCUT2D eigenvalue weighted by Crippen LogP contribution is 2.26. The number of ether oxygens (including phenoxy) is 1. The van der Waals surface area contributed by atoms with Crippen molar-refractivity contribution in [2.75, 3.05) is 32.8 Å². The van der Waals surface area contributed by atoms with Crippen LogP contribution in [-0.2, 0) is 9.53 Å². The number of hydrogen-bond donors (Lipinski definition) is 1. The number of piperidine rings is 1. The van der Waals surface area contributed by atoms with Crippen molar-refractivity contribution in [2.45, 2.75) is 32.3 Å². The Kier molecular flexibility index (Phi) is 5.68. The Balaban J connectivity index is 1.54. The molecule has 3 atom stereocenters. The van der Waals surface area contributed by atoms with E-state index < -0.39 is 0 Å². The molecule has 23 heavy (non-hydrogen) atoms. The molecule has 0 radical (unpaired) electrons. The van der Waals surface area contributed by atoms with Crippen LogP contribution in [0.3, 0.4) is 0 Å². The van der Waals surface area contributed by atoms with Crippen molar-refractivity contribution < 1.29 is 9.53 Å². The van der Waals surface area contributed by atoms with Gasteiger partial charge in [-0.1, -0.05) is 37.3 Å². The Morgan fingerprint density at radius 2 is 2.22 bits per heavy atom. The van der Waals surface area contributed by atoms with Gasteiger partial charge in [0.25, 0.3) is 0 Å². The van der Waals surface area contributed by atoms with Gasteiger partial charge in [0.2, 0.25) is 5.91 Å². The van der Waals surface area contributed by atoms with E-state index in [2.05, 4.69) is 24.4 Å². The normalized spacial score (nSPS) is 26.7. The number of benzene rings is 1.